The van der Waals surface area contributed by atoms with Gasteiger partial charge in [0.05, 0.1) is 0 Å². The zero-order valence-corrected chi connectivity index (χ0v) is 14.7. The van der Waals surface area contributed by atoms with E-state index in [-0.39, 0.29) is 28.5 Å². The zero-order valence-electron chi connectivity index (χ0n) is 14.7. The van der Waals surface area contributed by atoms with Crippen LogP contribution in [0.3, 0.4) is 0 Å². The number of fused-ring (bicyclic) bond motifs is 1. The molecule has 1 amide bonds. The number of rotatable bonds is 2. The van der Waals surface area contributed by atoms with Gasteiger partial charge in [-0.25, -0.2) is 4.39 Å². The smallest absolute Gasteiger partial charge is 0.269 e. The maximum absolute atomic E-state index is 15.1. The highest BCUT2D eigenvalue weighted by Crippen LogP contribution is 2.33. The molecule has 1 N–H and O–H groups in total. The molecule has 0 fully saturated rings. The fourth-order valence-corrected chi connectivity index (χ4v) is 2.86. The number of amides is 1. The summed E-state index contributed by atoms with van der Waals surface area (Å²) in [5.74, 6) is -0.661. The molecule has 128 valence electrons. The molecule has 0 saturated heterocycles. The van der Waals surface area contributed by atoms with Crippen LogP contribution in [0.4, 0.5) is 4.39 Å². The summed E-state index contributed by atoms with van der Waals surface area (Å²) >= 11 is 0. The van der Waals surface area contributed by atoms with Crippen molar-refractivity contribution in [2.75, 3.05) is 7.05 Å². The van der Waals surface area contributed by atoms with E-state index in [0.29, 0.717) is 10.9 Å². The fraction of sp³-hybridized carbons (Fsp3) is 0.250. The summed E-state index contributed by atoms with van der Waals surface area (Å²) in [7, 11) is 1.54. The predicted octanol–water partition coefficient (Wildman–Crippen LogP) is 4.09. The highest BCUT2D eigenvalue weighted by atomic mass is 19.1. The van der Waals surface area contributed by atoms with E-state index in [1.165, 1.54) is 13.2 Å². The summed E-state index contributed by atoms with van der Waals surface area (Å²) in [4.78, 5) is 20.0. The van der Waals surface area contributed by atoms with Gasteiger partial charge in [0.2, 0.25) is 0 Å². The Morgan fingerprint density at radius 3 is 2.40 bits per heavy atom. The molecule has 2 aromatic heterocycles. The van der Waals surface area contributed by atoms with E-state index in [2.05, 4.69) is 36.1 Å². The predicted molar refractivity (Wildman–Crippen MR) is 97.0 cm³/mol. The van der Waals surface area contributed by atoms with Crippen LogP contribution in [-0.4, -0.2) is 22.9 Å². The van der Waals surface area contributed by atoms with Crippen molar-refractivity contribution in [2.24, 2.45) is 0 Å². The van der Waals surface area contributed by atoms with Crippen molar-refractivity contribution in [3.63, 3.8) is 0 Å². The lowest BCUT2D eigenvalue weighted by molar-refractivity contribution is 0.0958. The van der Waals surface area contributed by atoms with Crippen LogP contribution < -0.4 is 5.32 Å². The molecule has 1 aromatic carbocycles. The third-order valence-electron chi connectivity index (χ3n) is 4.18. The number of hydrogen-bond acceptors (Lipinski definition) is 3. The van der Waals surface area contributed by atoms with Crippen molar-refractivity contribution in [2.45, 2.75) is 26.2 Å². The molecule has 0 unspecified atom stereocenters. The quantitative estimate of drug-likeness (QED) is 0.766. The molecule has 0 bridgehead atoms. The number of nitrogens with zero attached hydrogens (tertiary/aromatic N) is 2. The molecule has 0 aliphatic rings. The first-order valence-electron chi connectivity index (χ1n) is 8.09. The Hall–Kier alpha value is -2.82. The normalized spacial score (nSPS) is 11.6. The second kappa shape index (κ2) is 6.24. The molecule has 0 atom stereocenters. The lowest BCUT2D eigenvalue weighted by atomic mass is 9.84. The van der Waals surface area contributed by atoms with Crippen LogP contribution in [0.15, 0.2) is 42.7 Å². The van der Waals surface area contributed by atoms with E-state index in [1.807, 2.05) is 12.1 Å². The molecular formula is C20H20FN3O. The van der Waals surface area contributed by atoms with Crippen molar-refractivity contribution in [3.05, 3.63) is 59.8 Å². The van der Waals surface area contributed by atoms with Crippen molar-refractivity contribution < 1.29 is 9.18 Å². The summed E-state index contributed by atoms with van der Waals surface area (Å²) in [5, 5.41) is 3.85. The minimum Gasteiger partial charge on any atom is -0.354 e. The van der Waals surface area contributed by atoms with Gasteiger partial charge >= 0.3 is 0 Å². The van der Waals surface area contributed by atoms with Gasteiger partial charge in [0.1, 0.15) is 11.4 Å². The van der Waals surface area contributed by atoms with Crippen LogP contribution in [0.2, 0.25) is 0 Å². The number of nitrogens with one attached hydrogen (secondary N) is 1. The molecule has 0 aliphatic carbocycles. The topological polar surface area (TPSA) is 54.9 Å². The monoisotopic (exact) mass is 337 g/mol. The van der Waals surface area contributed by atoms with Crippen molar-refractivity contribution >= 4 is 16.7 Å². The van der Waals surface area contributed by atoms with Gasteiger partial charge in [0, 0.05) is 35.8 Å². The van der Waals surface area contributed by atoms with Crippen molar-refractivity contribution in [1.82, 2.24) is 15.3 Å². The Labute approximate surface area is 146 Å². The molecule has 3 rings (SSSR count). The van der Waals surface area contributed by atoms with Gasteiger partial charge in [0.15, 0.2) is 5.82 Å². The molecule has 0 aliphatic heterocycles. The molecule has 3 aromatic rings. The standard InChI is InChI=1S/C20H20FN3O/c1-20(2,3)15-7-5-6-13-14(15)11-24-18(17(13)21)12-8-9-16(23-10-12)19(25)22-4/h5-11H,1-4H3,(H,22,25). The first kappa shape index (κ1) is 17.0. The number of pyridine rings is 2. The maximum atomic E-state index is 15.1. The fourth-order valence-electron chi connectivity index (χ4n) is 2.86. The number of carbonyl (C=O) groups excluding carboxylic acids is 1. The summed E-state index contributed by atoms with van der Waals surface area (Å²) < 4.78 is 15.1. The Kier molecular flexibility index (Phi) is 4.25. The van der Waals surface area contributed by atoms with Gasteiger partial charge in [-0.05, 0) is 23.1 Å². The summed E-state index contributed by atoms with van der Waals surface area (Å²) in [6.45, 7) is 6.28. The molecule has 0 radical (unpaired) electrons. The Morgan fingerprint density at radius 1 is 1.04 bits per heavy atom. The number of aromatic nitrogens is 2. The summed E-state index contributed by atoms with van der Waals surface area (Å²) in [6, 6.07) is 8.84. The van der Waals surface area contributed by atoms with E-state index in [4.69, 9.17) is 0 Å². The first-order valence-corrected chi connectivity index (χ1v) is 8.09. The molecule has 4 nitrogen and oxygen atoms in total. The van der Waals surface area contributed by atoms with Crippen LogP contribution in [0.1, 0.15) is 36.8 Å². The lowest BCUT2D eigenvalue weighted by Gasteiger charge is -2.21. The minimum atomic E-state index is -0.377. The zero-order chi connectivity index (χ0) is 18.2. The average Bonchev–Trinajstić information content (AvgIpc) is 2.60. The van der Waals surface area contributed by atoms with Crippen LogP contribution in [0, 0.1) is 5.82 Å². The van der Waals surface area contributed by atoms with Crippen molar-refractivity contribution in [3.8, 4) is 11.3 Å². The van der Waals surface area contributed by atoms with Gasteiger partial charge in [-0.1, -0.05) is 39.0 Å². The molecule has 25 heavy (non-hydrogen) atoms. The Balaban J connectivity index is 2.13. The van der Waals surface area contributed by atoms with E-state index >= 15 is 4.39 Å². The number of benzene rings is 1. The Bertz CT molecular complexity index is 944. The van der Waals surface area contributed by atoms with Crippen LogP contribution >= 0.6 is 0 Å². The maximum Gasteiger partial charge on any atom is 0.269 e. The first-order chi connectivity index (χ1) is 11.8. The van der Waals surface area contributed by atoms with E-state index in [0.717, 1.165) is 10.9 Å². The van der Waals surface area contributed by atoms with Gasteiger partial charge in [-0.15, -0.1) is 0 Å². The lowest BCUT2D eigenvalue weighted by Crippen LogP contribution is -2.18. The molecular weight excluding hydrogens is 317 g/mol. The van der Waals surface area contributed by atoms with Gasteiger partial charge in [0.25, 0.3) is 5.91 Å². The molecule has 0 saturated carbocycles. The van der Waals surface area contributed by atoms with Crippen LogP contribution in [0.25, 0.3) is 22.0 Å². The van der Waals surface area contributed by atoms with E-state index < -0.39 is 0 Å². The second-order valence-corrected chi connectivity index (χ2v) is 6.95. The Morgan fingerprint density at radius 2 is 1.80 bits per heavy atom. The highest BCUT2D eigenvalue weighted by molar-refractivity contribution is 5.93. The van der Waals surface area contributed by atoms with Crippen molar-refractivity contribution in [1.29, 1.82) is 0 Å². The van der Waals surface area contributed by atoms with Gasteiger partial charge in [-0.2, -0.15) is 0 Å². The van der Waals surface area contributed by atoms with Crippen LogP contribution in [0.5, 0.6) is 0 Å². The SMILES string of the molecule is CNC(=O)c1ccc(-c2ncc3c(C(C)(C)C)cccc3c2F)cn1. The van der Waals surface area contributed by atoms with E-state index in [1.54, 1.807) is 24.4 Å². The average molecular weight is 337 g/mol. The number of carbonyl (C=O) groups is 1. The minimum absolute atomic E-state index is 0.105. The number of halogens is 1. The van der Waals surface area contributed by atoms with E-state index in [9.17, 15) is 4.79 Å². The third-order valence-corrected chi connectivity index (χ3v) is 4.18. The highest BCUT2D eigenvalue weighted by Gasteiger charge is 2.20. The van der Waals surface area contributed by atoms with Gasteiger partial charge in [-0.3, -0.25) is 14.8 Å². The molecule has 5 heteroatoms. The third kappa shape index (κ3) is 3.09. The molecule has 2 heterocycles. The second-order valence-electron chi connectivity index (χ2n) is 6.95. The molecule has 0 spiro atoms. The number of hydrogen-bond donors (Lipinski definition) is 1. The van der Waals surface area contributed by atoms with Crippen LogP contribution in [-0.2, 0) is 5.41 Å². The summed E-state index contributed by atoms with van der Waals surface area (Å²) in [6.07, 6.45) is 3.18. The largest absolute Gasteiger partial charge is 0.354 e. The summed E-state index contributed by atoms with van der Waals surface area (Å²) in [5.41, 5.74) is 1.99. The van der Waals surface area contributed by atoms with Gasteiger partial charge < -0.3 is 5.32 Å².